The fourth-order valence-corrected chi connectivity index (χ4v) is 7.42. The van der Waals surface area contributed by atoms with Crippen molar-refractivity contribution in [2.24, 2.45) is 0 Å². The minimum Gasteiger partial charge on any atom is -0.456 e. The maximum Gasteiger partial charge on any atom is 0.136 e. The monoisotopic (exact) mass is 600 g/mol. The van der Waals surface area contributed by atoms with Crippen molar-refractivity contribution in [3.8, 4) is 28.6 Å². The molecule has 5 nitrogen and oxygen atoms in total. The van der Waals surface area contributed by atoms with E-state index < -0.39 is 0 Å². The Hall–Kier alpha value is -6.64. The molecule has 47 heavy (non-hydrogen) atoms. The van der Waals surface area contributed by atoms with E-state index in [-0.39, 0.29) is 0 Å². The highest BCUT2D eigenvalue weighted by molar-refractivity contribution is 6.27. The lowest BCUT2D eigenvalue weighted by molar-refractivity contribution is 0.669. The van der Waals surface area contributed by atoms with Crippen LogP contribution in [-0.2, 0) is 0 Å². The van der Waals surface area contributed by atoms with E-state index >= 15 is 0 Å². The van der Waals surface area contributed by atoms with Crippen LogP contribution < -0.4 is 0 Å². The Morgan fingerprint density at radius 3 is 2.02 bits per heavy atom. The second-order valence-electron chi connectivity index (χ2n) is 12.0. The summed E-state index contributed by atoms with van der Waals surface area (Å²) in [6.07, 6.45) is 3.82. The molecule has 10 rings (SSSR count). The normalized spacial score (nSPS) is 11.8. The van der Waals surface area contributed by atoms with Crippen LogP contribution in [0.1, 0.15) is 5.56 Å². The van der Waals surface area contributed by atoms with E-state index in [1.807, 2.05) is 36.7 Å². The molecule has 0 unspecified atom stereocenters. The van der Waals surface area contributed by atoms with Gasteiger partial charge in [-0.1, -0.05) is 60.7 Å². The van der Waals surface area contributed by atoms with E-state index in [1.165, 1.54) is 5.39 Å². The van der Waals surface area contributed by atoms with Gasteiger partial charge in [0, 0.05) is 49.9 Å². The highest BCUT2D eigenvalue weighted by Crippen LogP contribution is 2.41. The van der Waals surface area contributed by atoms with E-state index in [4.69, 9.17) is 4.42 Å². The molecule has 0 bridgehead atoms. The van der Waals surface area contributed by atoms with Crippen LogP contribution in [0, 0.1) is 11.3 Å². The SMILES string of the molecule is N#Cc1ccc2c(c1)c1ccccc1n2-c1cccc(-c2cccc(-n3c4cnccc4c4c5c(ccc43)oc3ccccc35)c2)c1. The number of nitrogens with zero attached hydrogens (tertiary/aromatic N) is 4. The average molecular weight is 601 g/mol. The standard InChI is InChI=1S/C42H24N4O/c43-24-26-15-16-36-34(21-26)31-11-1-3-13-35(31)45(36)29-9-5-7-27(22-29)28-8-6-10-30(23-28)46-37-17-18-40-42(33-12-2-4-14-39(33)47-40)41(37)32-19-20-44-25-38(32)46/h1-23,25H. The molecule has 0 aliphatic rings. The number of hydrogen-bond acceptors (Lipinski definition) is 3. The summed E-state index contributed by atoms with van der Waals surface area (Å²) in [5.74, 6) is 0. The highest BCUT2D eigenvalue weighted by Gasteiger charge is 2.19. The zero-order valence-electron chi connectivity index (χ0n) is 25.1. The third-order valence-corrected chi connectivity index (χ3v) is 9.42. The maximum absolute atomic E-state index is 9.58. The number of fused-ring (bicyclic) bond motifs is 10. The first-order valence-corrected chi connectivity index (χ1v) is 15.6. The number of nitriles is 1. The quantitative estimate of drug-likeness (QED) is 0.203. The summed E-state index contributed by atoms with van der Waals surface area (Å²) >= 11 is 0. The van der Waals surface area contributed by atoms with E-state index in [0.717, 1.165) is 82.7 Å². The topological polar surface area (TPSA) is 59.7 Å². The molecule has 0 fully saturated rings. The molecule has 4 aromatic heterocycles. The molecule has 0 radical (unpaired) electrons. The molecular weight excluding hydrogens is 576 g/mol. The molecule has 0 spiro atoms. The van der Waals surface area contributed by atoms with Gasteiger partial charge >= 0.3 is 0 Å². The van der Waals surface area contributed by atoms with Crippen molar-refractivity contribution in [2.45, 2.75) is 0 Å². The highest BCUT2D eigenvalue weighted by atomic mass is 16.3. The second-order valence-corrected chi connectivity index (χ2v) is 12.0. The summed E-state index contributed by atoms with van der Waals surface area (Å²) in [4.78, 5) is 4.54. The second kappa shape index (κ2) is 9.68. The van der Waals surface area contributed by atoms with Gasteiger partial charge in [0.15, 0.2) is 0 Å². The Balaban J connectivity index is 1.17. The number of hydrogen-bond donors (Lipinski definition) is 0. The fraction of sp³-hybridized carbons (Fsp3) is 0. The first-order valence-electron chi connectivity index (χ1n) is 15.6. The van der Waals surface area contributed by atoms with Gasteiger partial charge in [0.05, 0.1) is 39.9 Å². The third-order valence-electron chi connectivity index (χ3n) is 9.42. The van der Waals surface area contributed by atoms with Crippen molar-refractivity contribution in [2.75, 3.05) is 0 Å². The molecule has 0 saturated carbocycles. The summed E-state index contributed by atoms with van der Waals surface area (Å²) in [5, 5.41) is 16.3. The number of benzene rings is 6. The summed E-state index contributed by atoms with van der Waals surface area (Å²) in [6.45, 7) is 0. The molecule has 6 aromatic carbocycles. The van der Waals surface area contributed by atoms with Gasteiger partial charge in [-0.2, -0.15) is 5.26 Å². The van der Waals surface area contributed by atoms with E-state index in [0.29, 0.717) is 5.56 Å². The third kappa shape index (κ3) is 3.67. The predicted octanol–water partition coefficient (Wildman–Crippen LogP) is 10.7. The van der Waals surface area contributed by atoms with Gasteiger partial charge in [0.25, 0.3) is 0 Å². The Labute approximate surface area is 268 Å². The van der Waals surface area contributed by atoms with Crippen LogP contribution in [-0.4, -0.2) is 14.1 Å². The van der Waals surface area contributed by atoms with Crippen molar-refractivity contribution in [1.29, 1.82) is 5.26 Å². The van der Waals surface area contributed by atoms with Crippen LogP contribution in [0.3, 0.4) is 0 Å². The van der Waals surface area contributed by atoms with Crippen molar-refractivity contribution in [3.05, 3.63) is 151 Å². The van der Waals surface area contributed by atoms with Crippen molar-refractivity contribution < 1.29 is 4.42 Å². The largest absolute Gasteiger partial charge is 0.456 e. The van der Waals surface area contributed by atoms with Crippen LogP contribution in [0.4, 0.5) is 0 Å². The molecule has 4 heterocycles. The Morgan fingerprint density at radius 1 is 0.511 bits per heavy atom. The lowest BCUT2D eigenvalue weighted by Crippen LogP contribution is -1.96. The Kier molecular flexibility index (Phi) is 5.28. The minimum atomic E-state index is 0.660. The van der Waals surface area contributed by atoms with Gasteiger partial charge in [0.2, 0.25) is 0 Å². The fourth-order valence-electron chi connectivity index (χ4n) is 7.42. The van der Waals surface area contributed by atoms with Crippen LogP contribution in [0.15, 0.2) is 150 Å². The molecule has 218 valence electrons. The first-order chi connectivity index (χ1) is 23.3. The lowest BCUT2D eigenvalue weighted by Gasteiger charge is -2.12. The first kappa shape index (κ1) is 25.7. The van der Waals surface area contributed by atoms with Gasteiger partial charge in [-0.25, -0.2) is 0 Å². The van der Waals surface area contributed by atoms with Crippen molar-refractivity contribution in [1.82, 2.24) is 14.1 Å². The Morgan fingerprint density at radius 2 is 1.21 bits per heavy atom. The predicted molar refractivity (Wildman–Crippen MR) is 190 cm³/mol. The molecule has 0 aliphatic carbocycles. The summed E-state index contributed by atoms with van der Waals surface area (Å²) < 4.78 is 10.9. The van der Waals surface area contributed by atoms with Crippen molar-refractivity contribution in [3.63, 3.8) is 0 Å². The Bertz CT molecular complexity index is 2930. The summed E-state index contributed by atoms with van der Waals surface area (Å²) in [7, 11) is 0. The van der Waals surface area contributed by atoms with Gasteiger partial charge < -0.3 is 13.6 Å². The molecule has 0 amide bonds. The van der Waals surface area contributed by atoms with Crippen LogP contribution in [0.5, 0.6) is 0 Å². The van der Waals surface area contributed by atoms with E-state index in [2.05, 4.69) is 129 Å². The number of para-hydroxylation sites is 2. The van der Waals surface area contributed by atoms with Gasteiger partial charge in [-0.05, 0) is 83.9 Å². The molecule has 5 heteroatoms. The lowest BCUT2D eigenvalue weighted by atomic mass is 10.0. The smallest absolute Gasteiger partial charge is 0.136 e. The molecule has 0 aliphatic heterocycles. The van der Waals surface area contributed by atoms with Crippen LogP contribution in [0.2, 0.25) is 0 Å². The molecule has 0 N–H and O–H groups in total. The summed E-state index contributed by atoms with van der Waals surface area (Å²) in [5.41, 5.74) is 11.1. The van der Waals surface area contributed by atoms with Crippen LogP contribution >= 0.6 is 0 Å². The summed E-state index contributed by atoms with van der Waals surface area (Å²) in [6, 6.07) is 48.6. The number of aromatic nitrogens is 3. The van der Waals surface area contributed by atoms with E-state index in [9.17, 15) is 5.26 Å². The number of pyridine rings is 1. The molecule has 0 saturated heterocycles. The van der Waals surface area contributed by atoms with Gasteiger partial charge in [-0.3, -0.25) is 4.98 Å². The van der Waals surface area contributed by atoms with Gasteiger partial charge in [0.1, 0.15) is 11.2 Å². The molecule has 10 aromatic rings. The maximum atomic E-state index is 9.58. The zero-order chi connectivity index (χ0) is 31.1. The molecule has 0 atom stereocenters. The zero-order valence-corrected chi connectivity index (χ0v) is 25.1. The van der Waals surface area contributed by atoms with E-state index in [1.54, 1.807) is 0 Å². The molecular formula is C42H24N4O. The van der Waals surface area contributed by atoms with Crippen LogP contribution in [0.25, 0.3) is 88.1 Å². The minimum absolute atomic E-state index is 0.660. The van der Waals surface area contributed by atoms with Crippen molar-refractivity contribution >= 4 is 65.6 Å². The average Bonchev–Trinajstić information content (AvgIpc) is 3.79. The van der Waals surface area contributed by atoms with Gasteiger partial charge in [-0.15, -0.1) is 0 Å². The number of furan rings is 1. The number of rotatable bonds is 3.